The maximum absolute atomic E-state index is 5.78. The fourth-order valence-electron chi connectivity index (χ4n) is 1.89. The normalized spacial score (nSPS) is 11.8. The highest BCUT2D eigenvalue weighted by molar-refractivity contribution is 5.77. The van der Waals surface area contributed by atoms with E-state index in [2.05, 4.69) is 27.4 Å². The van der Waals surface area contributed by atoms with Crippen molar-refractivity contribution in [3.63, 3.8) is 0 Å². The van der Waals surface area contributed by atoms with Crippen molar-refractivity contribution in [1.29, 1.82) is 0 Å². The van der Waals surface area contributed by atoms with Gasteiger partial charge in [0.2, 0.25) is 5.89 Å². The van der Waals surface area contributed by atoms with Gasteiger partial charge in [-0.25, -0.2) is 0 Å². The number of rotatable bonds is 10. The molecule has 0 aromatic carbocycles. The summed E-state index contributed by atoms with van der Waals surface area (Å²) in [4.78, 5) is 8.42. The summed E-state index contributed by atoms with van der Waals surface area (Å²) in [6.07, 6.45) is 8.25. The van der Waals surface area contributed by atoms with Crippen LogP contribution in [0.15, 0.2) is 9.52 Å². The number of aliphatic imine (C=N–C) groups is 1. The minimum absolute atomic E-state index is 0.495. The van der Waals surface area contributed by atoms with Crippen molar-refractivity contribution in [2.45, 2.75) is 58.8 Å². The summed E-state index contributed by atoms with van der Waals surface area (Å²) in [5.41, 5.74) is 5.78. The summed E-state index contributed by atoms with van der Waals surface area (Å²) in [7, 11) is 0. The molecule has 1 aromatic rings. The molecule has 0 saturated heterocycles. The lowest BCUT2D eigenvalue weighted by Crippen LogP contribution is -2.33. The van der Waals surface area contributed by atoms with E-state index in [0.29, 0.717) is 30.6 Å². The Bertz CT molecular complexity index is 389. The van der Waals surface area contributed by atoms with E-state index >= 15 is 0 Å². The molecule has 0 atom stereocenters. The second-order valence-electron chi connectivity index (χ2n) is 4.95. The molecule has 0 unspecified atom stereocenters. The van der Waals surface area contributed by atoms with Crippen LogP contribution in [-0.4, -0.2) is 29.2 Å². The zero-order valence-corrected chi connectivity index (χ0v) is 12.7. The number of hydrogen-bond donors (Lipinski definition) is 2. The predicted molar refractivity (Wildman–Crippen MR) is 80.6 cm³/mol. The predicted octanol–water partition coefficient (Wildman–Crippen LogP) is 2.19. The van der Waals surface area contributed by atoms with Crippen molar-refractivity contribution in [2.75, 3.05) is 13.1 Å². The highest BCUT2D eigenvalue weighted by Crippen LogP contribution is 2.04. The first-order chi connectivity index (χ1) is 9.72. The topological polar surface area (TPSA) is 89.3 Å². The molecular formula is C14H27N5O. The average molecular weight is 281 g/mol. The summed E-state index contributed by atoms with van der Waals surface area (Å²) in [6, 6.07) is 0. The van der Waals surface area contributed by atoms with E-state index in [1.807, 2.05) is 0 Å². The van der Waals surface area contributed by atoms with Gasteiger partial charge in [0, 0.05) is 19.5 Å². The SMILES string of the molecule is CCCCCCCCN=C(N)NCCc1nc(C)no1. The number of aryl methyl sites for hydroxylation is 1. The number of nitrogens with two attached hydrogens (primary N) is 1. The van der Waals surface area contributed by atoms with E-state index in [0.717, 1.165) is 13.0 Å². The van der Waals surface area contributed by atoms with Gasteiger partial charge in [-0.3, -0.25) is 4.99 Å². The van der Waals surface area contributed by atoms with Gasteiger partial charge in [0.25, 0.3) is 0 Å². The maximum Gasteiger partial charge on any atom is 0.228 e. The number of nitrogens with zero attached hydrogens (tertiary/aromatic N) is 3. The van der Waals surface area contributed by atoms with Gasteiger partial charge in [-0.1, -0.05) is 44.2 Å². The monoisotopic (exact) mass is 281 g/mol. The first-order valence-electron chi connectivity index (χ1n) is 7.55. The molecule has 0 aliphatic rings. The number of nitrogens with one attached hydrogen (secondary N) is 1. The Kier molecular flexibility index (Phi) is 8.42. The van der Waals surface area contributed by atoms with Crippen LogP contribution in [0.3, 0.4) is 0 Å². The first kappa shape index (κ1) is 16.5. The van der Waals surface area contributed by atoms with E-state index in [-0.39, 0.29) is 0 Å². The standard InChI is InChI=1S/C14H27N5O/c1-3-4-5-6-7-8-10-16-14(15)17-11-9-13-18-12(2)19-20-13/h3-11H2,1-2H3,(H3,15,16,17). The van der Waals surface area contributed by atoms with Crippen molar-refractivity contribution in [2.24, 2.45) is 10.7 Å². The maximum atomic E-state index is 5.78. The van der Waals surface area contributed by atoms with Gasteiger partial charge >= 0.3 is 0 Å². The molecule has 0 amide bonds. The molecule has 20 heavy (non-hydrogen) atoms. The Morgan fingerprint density at radius 3 is 2.70 bits per heavy atom. The Balaban J connectivity index is 2.01. The molecule has 6 heteroatoms. The van der Waals surface area contributed by atoms with Gasteiger partial charge < -0.3 is 15.6 Å². The lowest BCUT2D eigenvalue weighted by molar-refractivity contribution is 0.374. The zero-order valence-electron chi connectivity index (χ0n) is 12.7. The fourth-order valence-corrected chi connectivity index (χ4v) is 1.89. The number of unbranched alkanes of at least 4 members (excludes halogenated alkanes) is 5. The summed E-state index contributed by atoms with van der Waals surface area (Å²) >= 11 is 0. The Morgan fingerprint density at radius 1 is 1.25 bits per heavy atom. The molecule has 114 valence electrons. The van der Waals surface area contributed by atoms with Crippen LogP contribution >= 0.6 is 0 Å². The Labute approximate surface area is 121 Å². The molecule has 0 aliphatic heterocycles. The minimum Gasteiger partial charge on any atom is -0.370 e. The number of guanidine groups is 1. The Morgan fingerprint density at radius 2 is 2.00 bits per heavy atom. The van der Waals surface area contributed by atoms with Crippen LogP contribution in [0, 0.1) is 6.92 Å². The van der Waals surface area contributed by atoms with Gasteiger partial charge in [0.1, 0.15) is 0 Å². The molecule has 6 nitrogen and oxygen atoms in total. The van der Waals surface area contributed by atoms with Gasteiger partial charge in [-0.15, -0.1) is 0 Å². The molecular weight excluding hydrogens is 254 g/mol. The van der Waals surface area contributed by atoms with Crippen LogP contribution in [0.25, 0.3) is 0 Å². The third-order valence-corrected chi connectivity index (χ3v) is 3.01. The van der Waals surface area contributed by atoms with Crippen molar-refractivity contribution in [3.05, 3.63) is 11.7 Å². The average Bonchev–Trinajstić information content (AvgIpc) is 2.83. The quantitative estimate of drug-likeness (QED) is 0.390. The first-order valence-corrected chi connectivity index (χ1v) is 7.55. The smallest absolute Gasteiger partial charge is 0.228 e. The second-order valence-corrected chi connectivity index (χ2v) is 4.95. The molecule has 1 aromatic heterocycles. The van der Waals surface area contributed by atoms with E-state index in [4.69, 9.17) is 10.3 Å². The minimum atomic E-state index is 0.495. The molecule has 0 spiro atoms. The van der Waals surface area contributed by atoms with E-state index in [9.17, 15) is 0 Å². The van der Waals surface area contributed by atoms with Crippen molar-refractivity contribution in [3.8, 4) is 0 Å². The lowest BCUT2D eigenvalue weighted by Gasteiger charge is -2.03. The second kappa shape index (κ2) is 10.2. The van der Waals surface area contributed by atoms with Crippen molar-refractivity contribution < 1.29 is 4.52 Å². The molecule has 0 bridgehead atoms. The summed E-state index contributed by atoms with van der Waals surface area (Å²) in [5.74, 6) is 1.78. The van der Waals surface area contributed by atoms with Gasteiger partial charge in [-0.2, -0.15) is 4.98 Å². The lowest BCUT2D eigenvalue weighted by atomic mass is 10.1. The van der Waals surface area contributed by atoms with Crippen LogP contribution in [0.5, 0.6) is 0 Å². The number of aromatic nitrogens is 2. The molecule has 3 N–H and O–H groups in total. The Hall–Kier alpha value is -1.59. The van der Waals surface area contributed by atoms with E-state index in [1.54, 1.807) is 6.92 Å². The van der Waals surface area contributed by atoms with Gasteiger partial charge in [0.05, 0.1) is 0 Å². The van der Waals surface area contributed by atoms with Crippen molar-refractivity contribution >= 4 is 5.96 Å². The summed E-state index contributed by atoms with van der Waals surface area (Å²) < 4.78 is 5.01. The van der Waals surface area contributed by atoms with Gasteiger partial charge in [-0.05, 0) is 13.3 Å². The highest BCUT2D eigenvalue weighted by Gasteiger charge is 2.01. The molecule has 0 aliphatic carbocycles. The molecule has 0 saturated carbocycles. The largest absolute Gasteiger partial charge is 0.370 e. The third-order valence-electron chi connectivity index (χ3n) is 3.01. The third kappa shape index (κ3) is 7.76. The van der Waals surface area contributed by atoms with E-state index in [1.165, 1.54) is 32.1 Å². The van der Waals surface area contributed by atoms with Crippen LogP contribution in [0.2, 0.25) is 0 Å². The summed E-state index contributed by atoms with van der Waals surface area (Å²) in [5, 5.41) is 6.78. The highest BCUT2D eigenvalue weighted by atomic mass is 16.5. The van der Waals surface area contributed by atoms with Crippen LogP contribution in [0.4, 0.5) is 0 Å². The fraction of sp³-hybridized carbons (Fsp3) is 0.786. The van der Waals surface area contributed by atoms with Gasteiger partial charge in [0.15, 0.2) is 11.8 Å². The molecule has 1 rings (SSSR count). The molecule has 0 radical (unpaired) electrons. The van der Waals surface area contributed by atoms with Crippen LogP contribution in [-0.2, 0) is 6.42 Å². The summed E-state index contributed by atoms with van der Waals surface area (Å²) in [6.45, 7) is 5.49. The van der Waals surface area contributed by atoms with Crippen LogP contribution < -0.4 is 11.1 Å². The zero-order chi connectivity index (χ0) is 14.6. The molecule has 0 fully saturated rings. The van der Waals surface area contributed by atoms with Crippen LogP contribution in [0.1, 0.15) is 57.2 Å². The molecule has 1 heterocycles. The van der Waals surface area contributed by atoms with E-state index < -0.39 is 0 Å². The number of hydrogen-bond acceptors (Lipinski definition) is 4. The van der Waals surface area contributed by atoms with Crippen molar-refractivity contribution in [1.82, 2.24) is 15.5 Å².